The second kappa shape index (κ2) is 7.10. The van der Waals surface area contributed by atoms with Crippen molar-refractivity contribution in [1.29, 1.82) is 0 Å². The molecule has 0 unspecified atom stereocenters. The van der Waals surface area contributed by atoms with Crippen molar-refractivity contribution in [3.05, 3.63) is 40.9 Å². The number of amides is 2. The van der Waals surface area contributed by atoms with E-state index in [2.05, 4.69) is 10.6 Å². The lowest BCUT2D eigenvalue weighted by molar-refractivity contribution is -0.124. The van der Waals surface area contributed by atoms with Crippen LogP contribution in [0.15, 0.2) is 30.3 Å². The van der Waals surface area contributed by atoms with E-state index >= 15 is 0 Å². The first-order chi connectivity index (χ1) is 9.26. The van der Waals surface area contributed by atoms with E-state index in [4.69, 9.17) is 11.6 Å². The van der Waals surface area contributed by atoms with Crippen molar-refractivity contribution in [2.45, 2.75) is 26.3 Å². The van der Waals surface area contributed by atoms with E-state index in [-0.39, 0.29) is 23.9 Å². The number of carbonyl (C=O) groups excluding carboxylic acids is 2. The zero-order valence-corrected chi connectivity index (χ0v) is 12.6. The third-order valence-corrected chi connectivity index (χ3v) is 2.45. The molecular formula is C15H19ClN2O2. The molecule has 0 aliphatic carbocycles. The van der Waals surface area contributed by atoms with Gasteiger partial charge >= 0.3 is 0 Å². The fourth-order valence-electron chi connectivity index (χ4n) is 1.47. The molecule has 2 amide bonds. The van der Waals surface area contributed by atoms with Crippen molar-refractivity contribution in [3.63, 3.8) is 0 Å². The van der Waals surface area contributed by atoms with Crippen LogP contribution in [-0.2, 0) is 9.59 Å². The first-order valence-corrected chi connectivity index (χ1v) is 6.66. The van der Waals surface area contributed by atoms with Gasteiger partial charge in [-0.2, -0.15) is 0 Å². The van der Waals surface area contributed by atoms with Gasteiger partial charge in [-0.15, -0.1) is 0 Å². The van der Waals surface area contributed by atoms with Gasteiger partial charge in [0.15, 0.2) is 0 Å². The highest BCUT2D eigenvalue weighted by Gasteiger charge is 2.13. The molecule has 1 rings (SSSR count). The standard InChI is InChI=1S/C15H19ClN2O2/c1-15(2,3)18-14(20)10-17-13(19)8-7-11-5-4-6-12(16)9-11/h4-9H,10H2,1-3H3,(H,17,19)(H,18,20)/b8-7+. The van der Waals surface area contributed by atoms with Crippen LogP contribution in [0.4, 0.5) is 0 Å². The average Bonchev–Trinajstić information content (AvgIpc) is 2.32. The lowest BCUT2D eigenvalue weighted by Crippen LogP contribution is -2.45. The van der Waals surface area contributed by atoms with Gasteiger partial charge in [-0.1, -0.05) is 23.7 Å². The summed E-state index contributed by atoms with van der Waals surface area (Å²) in [5.74, 6) is -0.545. The largest absolute Gasteiger partial charge is 0.350 e. The van der Waals surface area contributed by atoms with Gasteiger partial charge in [0.2, 0.25) is 11.8 Å². The zero-order valence-electron chi connectivity index (χ0n) is 11.9. The van der Waals surface area contributed by atoms with Gasteiger partial charge in [-0.25, -0.2) is 0 Å². The lowest BCUT2D eigenvalue weighted by atomic mass is 10.1. The van der Waals surface area contributed by atoms with Gasteiger partial charge in [0.25, 0.3) is 0 Å². The molecule has 2 N–H and O–H groups in total. The summed E-state index contributed by atoms with van der Waals surface area (Å²) in [7, 11) is 0. The maximum absolute atomic E-state index is 11.6. The number of carbonyl (C=O) groups is 2. The van der Waals surface area contributed by atoms with Crippen LogP contribution in [-0.4, -0.2) is 23.9 Å². The predicted octanol–water partition coefficient (Wildman–Crippen LogP) is 2.38. The van der Waals surface area contributed by atoms with Gasteiger partial charge in [-0.05, 0) is 44.5 Å². The molecule has 0 spiro atoms. The normalized spacial score (nSPS) is 11.4. The predicted molar refractivity (Wildman–Crippen MR) is 81.4 cm³/mol. The highest BCUT2D eigenvalue weighted by atomic mass is 35.5. The summed E-state index contributed by atoms with van der Waals surface area (Å²) in [4.78, 5) is 23.1. The van der Waals surface area contributed by atoms with Crippen molar-refractivity contribution >= 4 is 29.5 Å². The minimum atomic E-state index is -0.325. The van der Waals surface area contributed by atoms with Crippen LogP contribution in [0.2, 0.25) is 5.02 Å². The van der Waals surface area contributed by atoms with Crippen LogP contribution in [0.3, 0.4) is 0 Å². The molecule has 1 aromatic carbocycles. The molecule has 0 radical (unpaired) electrons. The number of hydrogen-bond acceptors (Lipinski definition) is 2. The molecule has 0 heterocycles. The fourth-order valence-corrected chi connectivity index (χ4v) is 1.67. The fraction of sp³-hybridized carbons (Fsp3) is 0.333. The summed E-state index contributed by atoms with van der Waals surface area (Å²) in [6.45, 7) is 5.60. The smallest absolute Gasteiger partial charge is 0.244 e. The minimum absolute atomic E-state index is 0.0456. The molecule has 0 atom stereocenters. The number of nitrogens with one attached hydrogen (secondary N) is 2. The first-order valence-electron chi connectivity index (χ1n) is 6.29. The monoisotopic (exact) mass is 294 g/mol. The Morgan fingerprint density at radius 3 is 2.60 bits per heavy atom. The number of benzene rings is 1. The van der Waals surface area contributed by atoms with E-state index in [1.165, 1.54) is 6.08 Å². The summed E-state index contributed by atoms with van der Waals surface area (Å²) in [6, 6.07) is 7.14. The molecule has 20 heavy (non-hydrogen) atoms. The summed E-state index contributed by atoms with van der Waals surface area (Å²) >= 11 is 5.84. The Kier molecular flexibility index (Phi) is 5.77. The van der Waals surface area contributed by atoms with Crippen molar-refractivity contribution in [2.24, 2.45) is 0 Å². The molecule has 5 heteroatoms. The van der Waals surface area contributed by atoms with Crippen LogP contribution in [0, 0.1) is 0 Å². The quantitative estimate of drug-likeness (QED) is 0.838. The van der Waals surface area contributed by atoms with Gasteiger partial charge in [0, 0.05) is 16.6 Å². The molecule has 108 valence electrons. The summed E-state index contributed by atoms with van der Waals surface area (Å²) < 4.78 is 0. The minimum Gasteiger partial charge on any atom is -0.350 e. The molecule has 4 nitrogen and oxygen atoms in total. The molecule has 0 bridgehead atoms. The van der Waals surface area contributed by atoms with E-state index in [1.54, 1.807) is 24.3 Å². The van der Waals surface area contributed by atoms with Crippen LogP contribution in [0.1, 0.15) is 26.3 Å². The van der Waals surface area contributed by atoms with Gasteiger partial charge < -0.3 is 10.6 Å². The maximum atomic E-state index is 11.6. The molecule has 0 saturated carbocycles. The SMILES string of the molecule is CC(C)(C)NC(=O)CNC(=O)/C=C/c1cccc(Cl)c1. The zero-order chi connectivity index (χ0) is 15.2. The Bertz CT molecular complexity index is 519. The lowest BCUT2D eigenvalue weighted by Gasteiger charge is -2.20. The number of rotatable bonds is 4. The van der Waals surface area contributed by atoms with Crippen molar-refractivity contribution < 1.29 is 9.59 Å². The average molecular weight is 295 g/mol. The molecular weight excluding hydrogens is 276 g/mol. The highest BCUT2D eigenvalue weighted by Crippen LogP contribution is 2.11. The Morgan fingerprint density at radius 1 is 1.30 bits per heavy atom. The van der Waals surface area contributed by atoms with Crippen molar-refractivity contribution in [3.8, 4) is 0 Å². The van der Waals surface area contributed by atoms with Crippen LogP contribution < -0.4 is 10.6 Å². The topological polar surface area (TPSA) is 58.2 Å². The second-order valence-electron chi connectivity index (χ2n) is 5.40. The van der Waals surface area contributed by atoms with E-state index < -0.39 is 0 Å². The van der Waals surface area contributed by atoms with E-state index in [9.17, 15) is 9.59 Å². The van der Waals surface area contributed by atoms with Crippen molar-refractivity contribution in [2.75, 3.05) is 6.54 Å². The molecule has 0 aromatic heterocycles. The van der Waals surface area contributed by atoms with Crippen LogP contribution in [0.5, 0.6) is 0 Å². The first kappa shape index (κ1) is 16.2. The number of hydrogen-bond donors (Lipinski definition) is 2. The molecule has 1 aromatic rings. The van der Waals surface area contributed by atoms with Gasteiger partial charge in [0.1, 0.15) is 0 Å². The highest BCUT2D eigenvalue weighted by molar-refractivity contribution is 6.30. The Balaban J connectivity index is 2.42. The van der Waals surface area contributed by atoms with Crippen molar-refractivity contribution in [1.82, 2.24) is 10.6 Å². The van der Waals surface area contributed by atoms with E-state index in [1.807, 2.05) is 26.8 Å². The molecule has 0 aliphatic heterocycles. The van der Waals surface area contributed by atoms with Crippen LogP contribution >= 0.6 is 11.6 Å². The Hall–Kier alpha value is -1.81. The van der Waals surface area contributed by atoms with E-state index in [0.29, 0.717) is 5.02 Å². The summed E-state index contributed by atoms with van der Waals surface area (Å²) in [5.41, 5.74) is 0.519. The molecule has 0 saturated heterocycles. The van der Waals surface area contributed by atoms with Gasteiger partial charge in [0.05, 0.1) is 6.54 Å². The third-order valence-electron chi connectivity index (χ3n) is 2.21. The summed E-state index contributed by atoms with van der Waals surface area (Å²) in [6.07, 6.45) is 3.01. The maximum Gasteiger partial charge on any atom is 0.244 e. The second-order valence-corrected chi connectivity index (χ2v) is 5.84. The van der Waals surface area contributed by atoms with Crippen LogP contribution in [0.25, 0.3) is 6.08 Å². The number of halogens is 1. The van der Waals surface area contributed by atoms with E-state index in [0.717, 1.165) is 5.56 Å². The Morgan fingerprint density at radius 2 is 2.00 bits per heavy atom. The molecule has 0 aliphatic rings. The summed E-state index contributed by atoms with van der Waals surface area (Å²) in [5, 5.41) is 5.89. The van der Waals surface area contributed by atoms with Gasteiger partial charge in [-0.3, -0.25) is 9.59 Å². The third kappa shape index (κ3) is 6.95. The molecule has 0 fully saturated rings. The Labute approximate surface area is 124 Å².